The fourth-order valence-corrected chi connectivity index (χ4v) is 2.82. The number of benzene rings is 2. The van der Waals surface area contributed by atoms with E-state index in [0.29, 0.717) is 17.1 Å². The van der Waals surface area contributed by atoms with Crippen molar-refractivity contribution in [1.82, 2.24) is 10.6 Å². The lowest BCUT2D eigenvalue weighted by Gasteiger charge is -2.17. The van der Waals surface area contributed by atoms with Crippen LogP contribution in [0.1, 0.15) is 40.2 Å². The normalized spacial score (nSPS) is 12.2. The van der Waals surface area contributed by atoms with Crippen LogP contribution in [0.25, 0.3) is 6.08 Å². The minimum absolute atomic E-state index is 0.0877. The second-order valence-electron chi connectivity index (χ2n) is 6.86. The second kappa shape index (κ2) is 9.60. The zero-order valence-corrected chi connectivity index (χ0v) is 17.1. The summed E-state index contributed by atoms with van der Waals surface area (Å²) in [6.45, 7) is 3.89. The molecule has 0 radical (unpaired) electrons. The van der Waals surface area contributed by atoms with Gasteiger partial charge in [0.2, 0.25) is 0 Å². The van der Waals surface area contributed by atoms with Crippen molar-refractivity contribution in [2.24, 2.45) is 0 Å². The Labute approximate surface area is 175 Å². The van der Waals surface area contributed by atoms with E-state index in [2.05, 4.69) is 10.6 Å². The third-order valence-electron chi connectivity index (χ3n) is 4.60. The summed E-state index contributed by atoms with van der Waals surface area (Å²) in [5.41, 5.74) is 2.60. The molecule has 0 aliphatic heterocycles. The molecule has 2 amide bonds. The first-order valence-corrected chi connectivity index (χ1v) is 9.54. The van der Waals surface area contributed by atoms with Crippen LogP contribution in [0, 0.1) is 6.92 Å². The molecule has 0 unspecified atom stereocenters. The Morgan fingerprint density at radius 3 is 2.33 bits per heavy atom. The highest BCUT2D eigenvalue weighted by Crippen LogP contribution is 2.15. The number of carbonyl (C=O) groups excluding carboxylic acids is 2. The maximum absolute atomic E-state index is 12.9. The van der Waals surface area contributed by atoms with Crippen LogP contribution in [0.2, 0.25) is 0 Å². The van der Waals surface area contributed by atoms with E-state index in [4.69, 9.17) is 9.15 Å². The number of nitrogens with one attached hydrogen (secondary N) is 2. The number of furan rings is 1. The van der Waals surface area contributed by atoms with Crippen molar-refractivity contribution in [3.63, 3.8) is 0 Å². The summed E-state index contributed by atoms with van der Waals surface area (Å²) in [6, 6.07) is 17.7. The number of hydrogen-bond acceptors (Lipinski definition) is 4. The van der Waals surface area contributed by atoms with Crippen LogP contribution in [0.4, 0.5) is 0 Å². The highest BCUT2D eigenvalue weighted by Gasteiger charge is 2.18. The number of ether oxygens (including phenoxy) is 1. The van der Waals surface area contributed by atoms with Crippen molar-refractivity contribution in [1.29, 1.82) is 0 Å². The summed E-state index contributed by atoms with van der Waals surface area (Å²) in [6.07, 6.45) is 3.00. The number of hydrogen-bond donors (Lipinski definition) is 2. The van der Waals surface area contributed by atoms with Gasteiger partial charge in [-0.05, 0) is 55.8 Å². The fourth-order valence-electron chi connectivity index (χ4n) is 2.82. The van der Waals surface area contributed by atoms with Crippen molar-refractivity contribution in [3.05, 3.63) is 95.1 Å². The highest BCUT2D eigenvalue weighted by atomic mass is 16.5. The fraction of sp³-hybridized carbons (Fsp3) is 0.167. The predicted octanol–water partition coefficient (Wildman–Crippen LogP) is 4.24. The molecule has 3 rings (SSSR count). The molecule has 1 aromatic heterocycles. The van der Waals surface area contributed by atoms with Crippen molar-refractivity contribution >= 4 is 17.9 Å². The standard InChI is InChI=1S/C24H24N2O4/c1-16-6-8-18(9-7-16)17(2)25-24(28)22(15-21-5-4-14-30-21)26-23(27)19-10-12-20(29-3)13-11-19/h4-15,17H,1-3H3,(H,25,28)(H,26,27)/b22-15-/t17-/m1/s1. The molecule has 6 nitrogen and oxygen atoms in total. The topological polar surface area (TPSA) is 80.6 Å². The molecule has 30 heavy (non-hydrogen) atoms. The van der Waals surface area contributed by atoms with Crippen molar-refractivity contribution in [3.8, 4) is 5.75 Å². The SMILES string of the molecule is COc1ccc(C(=O)N/C(=C\c2ccco2)C(=O)N[C@H](C)c2ccc(C)cc2)cc1. The van der Waals surface area contributed by atoms with Gasteiger partial charge in [0.05, 0.1) is 19.4 Å². The first-order valence-electron chi connectivity index (χ1n) is 9.54. The summed E-state index contributed by atoms with van der Waals surface area (Å²) in [5, 5.41) is 5.60. The molecule has 3 aromatic rings. The maximum Gasteiger partial charge on any atom is 0.268 e. The first kappa shape index (κ1) is 20.9. The van der Waals surface area contributed by atoms with E-state index >= 15 is 0 Å². The third-order valence-corrected chi connectivity index (χ3v) is 4.60. The molecular formula is C24H24N2O4. The Balaban J connectivity index is 1.78. The Morgan fingerprint density at radius 2 is 1.73 bits per heavy atom. The Morgan fingerprint density at radius 1 is 1.03 bits per heavy atom. The van der Waals surface area contributed by atoms with Crippen molar-refractivity contribution < 1.29 is 18.7 Å². The zero-order chi connectivity index (χ0) is 21.5. The molecule has 0 aliphatic carbocycles. The van der Waals surface area contributed by atoms with Gasteiger partial charge in [0.15, 0.2) is 0 Å². The van der Waals surface area contributed by atoms with Gasteiger partial charge in [-0.1, -0.05) is 29.8 Å². The van der Waals surface area contributed by atoms with E-state index in [-0.39, 0.29) is 11.7 Å². The monoisotopic (exact) mass is 404 g/mol. The Kier molecular flexibility index (Phi) is 6.70. The van der Waals surface area contributed by atoms with E-state index < -0.39 is 11.8 Å². The number of methoxy groups -OCH3 is 1. The summed E-state index contributed by atoms with van der Waals surface area (Å²) in [5.74, 6) is 0.274. The van der Waals surface area contributed by atoms with Gasteiger partial charge in [-0.15, -0.1) is 0 Å². The molecule has 0 bridgehead atoms. The van der Waals surface area contributed by atoms with E-state index in [9.17, 15) is 9.59 Å². The van der Waals surface area contributed by atoms with Crippen LogP contribution >= 0.6 is 0 Å². The lowest BCUT2D eigenvalue weighted by Crippen LogP contribution is -2.36. The molecule has 1 atom stereocenters. The molecule has 0 fully saturated rings. The summed E-state index contributed by atoms with van der Waals surface area (Å²) in [4.78, 5) is 25.6. The van der Waals surface area contributed by atoms with Gasteiger partial charge in [0, 0.05) is 11.6 Å². The average Bonchev–Trinajstić information content (AvgIpc) is 3.26. The van der Waals surface area contributed by atoms with Crippen molar-refractivity contribution in [2.45, 2.75) is 19.9 Å². The minimum Gasteiger partial charge on any atom is -0.497 e. The molecule has 0 spiro atoms. The largest absolute Gasteiger partial charge is 0.497 e. The van der Waals surface area contributed by atoms with Gasteiger partial charge in [-0.25, -0.2) is 0 Å². The lowest BCUT2D eigenvalue weighted by atomic mass is 10.1. The highest BCUT2D eigenvalue weighted by molar-refractivity contribution is 6.05. The van der Waals surface area contributed by atoms with Crippen LogP contribution in [0.15, 0.2) is 77.0 Å². The van der Waals surface area contributed by atoms with Crippen molar-refractivity contribution in [2.75, 3.05) is 7.11 Å². The summed E-state index contributed by atoms with van der Waals surface area (Å²) in [7, 11) is 1.55. The molecule has 2 N–H and O–H groups in total. The van der Waals surface area contributed by atoms with Gasteiger partial charge >= 0.3 is 0 Å². The second-order valence-corrected chi connectivity index (χ2v) is 6.86. The molecule has 0 aliphatic rings. The van der Waals surface area contributed by atoms with Crippen LogP contribution in [-0.2, 0) is 4.79 Å². The molecule has 154 valence electrons. The van der Waals surface area contributed by atoms with Gasteiger partial charge in [0.1, 0.15) is 17.2 Å². The number of aryl methyl sites for hydroxylation is 1. The number of amides is 2. The Bertz CT molecular complexity index is 1020. The van der Waals surface area contributed by atoms with Crippen LogP contribution in [0.5, 0.6) is 5.75 Å². The smallest absolute Gasteiger partial charge is 0.268 e. The van der Waals surface area contributed by atoms with E-state index in [1.54, 1.807) is 43.5 Å². The molecular weight excluding hydrogens is 380 g/mol. The van der Waals surface area contributed by atoms with Gasteiger partial charge < -0.3 is 19.8 Å². The first-order chi connectivity index (χ1) is 14.5. The van der Waals surface area contributed by atoms with E-state index in [1.807, 2.05) is 38.1 Å². The Hall–Kier alpha value is -3.80. The van der Waals surface area contributed by atoms with Gasteiger partial charge in [-0.2, -0.15) is 0 Å². The molecule has 0 saturated heterocycles. The minimum atomic E-state index is -0.415. The maximum atomic E-state index is 12.9. The number of rotatable bonds is 7. The quantitative estimate of drug-likeness (QED) is 0.577. The molecule has 1 heterocycles. The average molecular weight is 404 g/mol. The zero-order valence-electron chi connectivity index (χ0n) is 17.1. The van der Waals surface area contributed by atoms with E-state index in [0.717, 1.165) is 11.1 Å². The predicted molar refractivity (Wildman–Crippen MR) is 115 cm³/mol. The third kappa shape index (κ3) is 5.38. The summed E-state index contributed by atoms with van der Waals surface area (Å²) >= 11 is 0. The van der Waals surface area contributed by atoms with Crippen LogP contribution in [0.3, 0.4) is 0 Å². The van der Waals surface area contributed by atoms with Gasteiger partial charge in [-0.3, -0.25) is 9.59 Å². The van der Waals surface area contributed by atoms with Crippen LogP contribution < -0.4 is 15.4 Å². The molecule has 0 saturated carbocycles. The van der Waals surface area contributed by atoms with E-state index in [1.165, 1.54) is 12.3 Å². The van der Waals surface area contributed by atoms with Crippen LogP contribution in [-0.4, -0.2) is 18.9 Å². The van der Waals surface area contributed by atoms with Gasteiger partial charge in [0.25, 0.3) is 11.8 Å². The molecule has 6 heteroatoms. The summed E-state index contributed by atoms with van der Waals surface area (Å²) < 4.78 is 10.4. The lowest BCUT2D eigenvalue weighted by molar-refractivity contribution is -0.118. The number of carbonyl (C=O) groups is 2. The molecule has 2 aromatic carbocycles.